The summed E-state index contributed by atoms with van der Waals surface area (Å²) in [5, 5.41) is 0. The molecular formula is C43H74NO8P. The Morgan fingerprint density at radius 1 is 0.585 bits per heavy atom. The fourth-order valence-electron chi connectivity index (χ4n) is 5.03. The van der Waals surface area contributed by atoms with Crippen LogP contribution in [0.15, 0.2) is 72.9 Å². The van der Waals surface area contributed by atoms with Gasteiger partial charge in [-0.3, -0.25) is 18.6 Å². The first kappa shape index (κ1) is 50.5. The van der Waals surface area contributed by atoms with Crippen molar-refractivity contribution in [2.24, 2.45) is 5.73 Å². The van der Waals surface area contributed by atoms with Gasteiger partial charge in [-0.1, -0.05) is 138 Å². The third kappa shape index (κ3) is 39.0. The molecule has 0 aliphatic rings. The van der Waals surface area contributed by atoms with Crippen molar-refractivity contribution < 1.29 is 37.6 Å². The van der Waals surface area contributed by atoms with E-state index in [9.17, 15) is 19.0 Å². The molecule has 0 amide bonds. The van der Waals surface area contributed by atoms with Crippen LogP contribution in [0, 0.1) is 0 Å². The fraction of sp³-hybridized carbons (Fsp3) is 0.674. The molecule has 9 nitrogen and oxygen atoms in total. The van der Waals surface area contributed by atoms with Crippen LogP contribution < -0.4 is 5.73 Å². The van der Waals surface area contributed by atoms with Crippen LogP contribution in [0.5, 0.6) is 0 Å². The van der Waals surface area contributed by atoms with Gasteiger partial charge in [-0.05, 0) is 77.0 Å². The Morgan fingerprint density at radius 2 is 1.08 bits per heavy atom. The maximum Gasteiger partial charge on any atom is 0.472 e. The summed E-state index contributed by atoms with van der Waals surface area (Å²) in [6.07, 6.45) is 46.4. The zero-order valence-electron chi connectivity index (χ0n) is 33.2. The number of hydrogen-bond acceptors (Lipinski definition) is 8. The first-order chi connectivity index (χ1) is 25.8. The molecule has 0 aromatic carbocycles. The molecule has 10 heteroatoms. The van der Waals surface area contributed by atoms with Crippen molar-refractivity contribution in [2.45, 2.75) is 161 Å². The maximum atomic E-state index is 12.5. The van der Waals surface area contributed by atoms with Gasteiger partial charge in [-0.15, -0.1) is 0 Å². The summed E-state index contributed by atoms with van der Waals surface area (Å²) in [7, 11) is -4.39. The van der Waals surface area contributed by atoms with Crippen LogP contribution >= 0.6 is 7.82 Å². The summed E-state index contributed by atoms with van der Waals surface area (Å²) in [6.45, 7) is 3.56. The lowest BCUT2D eigenvalue weighted by Gasteiger charge is -2.19. The molecule has 0 fully saturated rings. The van der Waals surface area contributed by atoms with Crippen LogP contribution in [-0.4, -0.2) is 49.3 Å². The number of phosphoric ester groups is 1. The van der Waals surface area contributed by atoms with Crippen LogP contribution in [0.3, 0.4) is 0 Å². The lowest BCUT2D eigenvalue weighted by Crippen LogP contribution is -2.29. The predicted molar refractivity (Wildman–Crippen MR) is 219 cm³/mol. The molecule has 0 spiro atoms. The average molecular weight is 764 g/mol. The van der Waals surface area contributed by atoms with E-state index in [4.69, 9.17) is 24.3 Å². The molecule has 3 N–H and O–H groups in total. The van der Waals surface area contributed by atoms with Crippen LogP contribution in [0.4, 0.5) is 0 Å². The molecule has 0 aromatic heterocycles. The van der Waals surface area contributed by atoms with Gasteiger partial charge in [0.2, 0.25) is 0 Å². The van der Waals surface area contributed by atoms with E-state index in [1.807, 2.05) is 0 Å². The summed E-state index contributed by atoms with van der Waals surface area (Å²) >= 11 is 0. The van der Waals surface area contributed by atoms with Crippen molar-refractivity contribution in [3.8, 4) is 0 Å². The summed E-state index contributed by atoms with van der Waals surface area (Å²) in [4.78, 5) is 34.8. The Bertz CT molecular complexity index is 1100. The Balaban J connectivity index is 4.30. The topological polar surface area (TPSA) is 134 Å². The van der Waals surface area contributed by atoms with E-state index in [2.05, 4.69) is 86.8 Å². The third-order valence-corrected chi connectivity index (χ3v) is 9.06. The molecule has 0 heterocycles. The van der Waals surface area contributed by atoms with Gasteiger partial charge in [0.25, 0.3) is 0 Å². The smallest absolute Gasteiger partial charge is 0.462 e. The predicted octanol–water partition coefficient (Wildman–Crippen LogP) is 11.5. The van der Waals surface area contributed by atoms with Crippen molar-refractivity contribution in [2.75, 3.05) is 26.4 Å². The van der Waals surface area contributed by atoms with E-state index in [1.165, 1.54) is 32.1 Å². The Hall–Kier alpha value is -2.55. The highest BCUT2D eigenvalue weighted by Crippen LogP contribution is 2.43. The van der Waals surface area contributed by atoms with Crippen molar-refractivity contribution >= 4 is 19.8 Å². The zero-order valence-corrected chi connectivity index (χ0v) is 34.1. The van der Waals surface area contributed by atoms with Gasteiger partial charge in [0.1, 0.15) is 6.61 Å². The molecule has 0 aliphatic heterocycles. The molecule has 304 valence electrons. The molecule has 0 saturated heterocycles. The molecule has 0 aromatic rings. The second-order valence-corrected chi connectivity index (χ2v) is 14.6. The first-order valence-corrected chi connectivity index (χ1v) is 21.9. The number of esters is 2. The second kappa shape index (κ2) is 39.2. The molecule has 0 saturated carbocycles. The van der Waals surface area contributed by atoms with Crippen molar-refractivity contribution in [3.05, 3.63) is 72.9 Å². The highest BCUT2D eigenvalue weighted by molar-refractivity contribution is 7.47. The van der Waals surface area contributed by atoms with Crippen molar-refractivity contribution in [1.29, 1.82) is 0 Å². The van der Waals surface area contributed by atoms with Crippen molar-refractivity contribution in [1.82, 2.24) is 0 Å². The Morgan fingerprint density at radius 3 is 1.66 bits per heavy atom. The minimum atomic E-state index is -4.39. The number of allylic oxidation sites excluding steroid dienone is 12. The summed E-state index contributed by atoms with van der Waals surface area (Å²) in [6, 6.07) is 0. The molecule has 0 bridgehead atoms. The highest BCUT2D eigenvalue weighted by Gasteiger charge is 2.25. The van der Waals surface area contributed by atoms with Crippen LogP contribution in [0.25, 0.3) is 0 Å². The SMILES string of the molecule is CCC/C=C/C/C=C/C/C=C/C/C=C/CCCCCC(=O)OC[C@H](COP(=O)(O)OCCN)OC(=O)CCCCCCC/C=C/C=C/CCCCCC. The summed E-state index contributed by atoms with van der Waals surface area (Å²) in [5.74, 6) is -0.890. The van der Waals surface area contributed by atoms with E-state index in [-0.39, 0.29) is 32.6 Å². The normalized spacial score (nSPS) is 14.1. The minimum absolute atomic E-state index is 0.0424. The molecule has 0 aliphatic carbocycles. The monoisotopic (exact) mass is 764 g/mol. The van der Waals surface area contributed by atoms with Gasteiger partial charge in [0, 0.05) is 19.4 Å². The van der Waals surface area contributed by atoms with Crippen LogP contribution in [0.1, 0.15) is 155 Å². The van der Waals surface area contributed by atoms with Crippen LogP contribution in [0.2, 0.25) is 0 Å². The number of carbonyl (C=O) groups excluding carboxylic acids is 2. The van der Waals surface area contributed by atoms with Gasteiger partial charge >= 0.3 is 19.8 Å². The second-order valence-electron chi connectivity index (χ2n) is 13.2. The quantitative estimate of drug-likeness (QED) is 0.0208. The Labute approximate surface area is 322 Å². The van der Waals surface area contributed by atoms with E-state index in [0.29, 0.717) is 12.8 Å². The molecule has 0 radical (unpaired) electrons. The highest BCUT2D eigenvalue weighted by atomic mass is 31.2. The van der Waals surface area contributed by atoms with Gasteiger partial charge in [0.05, 0.1) is 13.2 Å². The zero-order chi connectivity index (χ0) is 38.9. The standard InChI is InChI=1S/C43H74NO8P/c1-3-5-7-9-11-13-15-17-19-20-22-23-25-27-29-31-33-35-42(45)49-39-41(40-51-53(47,48)50-38-37-44)52-43(46)36-34-32-30-28-26-24-21-18-16-14-12-10-8-6-4-2/h7,9,13-16,18-21,23,25,41H,3-6,8,10-12,17,22,24,26-40,44H2,1-2H3,(H,47,48)/b9-7+,15-13+,16-14+,20-19+,21-18+,25-23+/t41-/m1/s1. The number of phosphoric acid groups is 1. The molecule has 53 heavy (non-hydrogen) atoms. The summed E-state index contributed by atoms with van der Waals surface area (Å²) < 4.78 is 32.7. The lowest BCUT2D eigenvalue weighted by atomic mass is 10.1. The lowest BCUT2D eigenvalue weighted by molar-refractivity contribution is -0.161. The number of rotatable bonds is 37. The first-order valence-electron chi connectivity index (χ1n) is 20.4. The van der Waals surface area contributed by atoms with Gasteiger partial charge in [-0.2, -0.15) is 0 Å². The van der Waals surface area contributed by atoms with E-state index in [0.717, 1.165) is 83.5 Å². The van der Waals surface area contributed by atoms with E-state index in [1.54, 1.807) is 0 Å². The Kier molecular flexibility index (Phi) is 37.3. The maximum absolute atomic E-state index is 12.5. The number of carbonyl (C=O) groups is 2. The molecule has 1 unspecified atom stereocenters. The number of hydrogen-bond donors (Lipinski definition) is 2. The molecule has 0 rings (SSSR count). The fourth-order valence-corrected chi connectivity index (χ4v) is 5.79. The van der Waals surface area contributed by atoms with Gasteiger partial charge in [0.15, 0.2) is 6.10 Å². The third-order valence-electron chi connectivity index (χ3n) is 8.07. The van der Waals surface area contributed by atoms with E-state index < -0.39 is 32.5 Å². The number of unbranched alkanes of at least 4 members (excludes halogenated alkanes) is 13. The van der Waals surface area contributed by atoms with Gasteiger partial charge < -0.3 is 20.1 Å². The number of ether oxygens (including phenoxy) is 2. The van der Waals surface area contributed by atoms with Crippen LogP contribution in [-0.2, 0) is 32.7 Å². The molecule has 2 atom stereocenters. The summed E-state index contributed by atoms with van der Waals surface area (Å²) in [5.41, 5.74) is 5.34. The van der Waals surface area contributed by atoms with Gasteiger partial charge in [-0.25, -0.2) is 4.57 Å². The largest absolute Gasteiger partial charge is 0.472 e. The minimum Gasteiger partial charge on any atom is -0.462 e. The average Bonchev–Trinajstić information content (AvgIpc) is 3.14. The van der Waals surface area contributed by atoms with Crippen molar-refractivity contribution in [3.63, 3.8) is 0 Å². The molecular weight excluding hydrogens is 689 g/mol. The van der Waals surface area contributed by atoms with E-state index >= 15 is 0 Å². The number of nitrogens with two attached hydrogens (primary N) is 1.